The number of hydrogen-bond donors (Lipinski definition) is 1. The highest BCUT2D eigenvalue weighted by molar-refractivity contribution is 8.00. The van der Waals surface area contributed by atoms with Crippen molar-refractivity contribution < 1.29 is 9.53 Å². The van der Waals surface area contributed by atoms with Crippen LogP contribution >= 0.6 is 11.8 Å². The van der Waals surface area contributed by atoms with Gasteiger partial charge in [-0.1, -0.05) is 13.8 Å². The molecule has 2 N–H and O–H groups in total. The van der Waals surface area contributed by atoms with Gasteiger partial charge in [0.2, 0.25) is 0 Å². The van der Waals surface area contributed by atoms with Crippen molar-refractivity contribution in [1.29, 1.82) is 0 Å². The molecule has 84 valence electrons. The SMILES string of the molecule is CCOC(=O)C(CC)SCC(N)CC. The van der Waals surface area contributed by atoms with Gasteiger partial charge in [-0.05, 0) is 19.8 Å². The van der Waals surface area contributed by atoms with E-state index < -0.39 is 0 Å². The molecule has 0 aromatic heterocycles. The van der Waals surface area contributed by atoms with Crippen LogP contribution in [0.15, 0.2) is 0 Å². The summed E-state index contributed by atoms with van der Waals surface area (Å²) in [7, 11) is 0. The van der Waals surface area contributed by atoms with E-state index in [0.717, 1.165) is 18.6 Å². The molecular weight excluding hydrogens is 198 g/mol. The number of ether oxygens (including phenoxy) is 1. The zero-order valence-electron chi connectivity index (χ0n) is 9.29. The summed E-state index contributed by atoms with van der Waals surface area (Å²) in [4.78, 5) is 11.4. The lowest BCUT2D eigenvalue weighted by Crippen LogP contribution is -2.26. The number of carbonyl (C=O) groups excluding carboxylic acids is 1. The molecular formula is C10H21NO2S. The zero-order chi connectivity index (χ0) is 11.0. The summed E-state index contributed by atoms with van der Waals surface area (Å²) in [6.07, 6.45) is 1.76. The van der Waals surface area contributed by atoms with Crippen LogP contribution in [-0.2, 0) is 9.53 Å². The van der Waals surface area contributed by atoms with E-state index in [1.54, 1.807) is 11.8 Å². The monoisotopic (exact) mass is 219 g/mol. The molecule has 0 bridgehead atoms. The minimum absolute atomic E-state index is 0.0486. The molecule has 0 aromatic rings. The summed E-state index contributed by atoms with van der Waals surface area (Å²) in [5.41, 5.74) is 5.78. The Hall–Kier alpha value is -0.220. The van der Waals surface area contributed by atoms with Crippen molar-refractivity contribution in [2.45, 2.75) is 44.9 Å². The lowest BCUT2D eigenvalue weighted by molar-refractivity contribution is -0.142. The van der Waals surface area contributed by atoms with Gasteiger partial charge in [0.25, 0.3) is 0 Å². The van der Waals surface area contributed by atoms with Crippen molar-refractivity contribution in [2.24, 2.45) is 5.73 Å². The Kier molecular flexibility index (Phi) is 7.99. The third-order valence-electron chi connectivity index (χ3n) is 1.96. The number of esters is 1. The molecule has 0 aromatic carbocycles. The van der Waals surface area contributed by atoms with E-state index in [9.17, 15) is 4.79 Å². The first-order valence-electron chi connectivity index (χ1n) is 5.19. The summed E-state index contributed by atoms with van der Waals surface area (Å²) >= 11 is 1.60. The van der Waals surface area contributed by atoms with Crippen LogP contribution in [0.1, 0.15) is 33.6 Å². The Balaban J connectivity index is 3.84. The maximum absolute atomic E-state index is 11.4. The van der Waals surface area contributed by atoms with Gasteiger partial charge in [-0.2, -0.15) is 0 Å². The third-order valence-corrected chi connectivity index (χ3v) is 3.50. The summed E-state index contributed by atoms with van der Waals surface area (Å²) < 4.78 is 4.96. The van der Waals surface area contributed by atoms with Crippen LogP contribution in [0.2, 0.25) is 0 Å². The molecule has 2 atom stereocenters. The quantitative estimate of drug-likeness (QED) is 0.663. The van der Waals surface area contributed by atoms with Crippen LogP contribution in [-0.4, -0.2) is 29.6 Å². The molecule has 14 heavy (non-hydrogen) atoms. The molecule has 0 aliphatic rings. The zero-order valence-corrected chi connectivity index (χ0v) is 10.1. The Bertz CT molecular complexity index is 164. The topological polar surface area (TPSA) is 52.3 Å². The van der Waals surface area contributed by atoms with Gasteiger partial charge in [0, 0.05) is 11.8 Å². The second-order valence-corrected chi connectivity index (χ2v) is 4.39. The summed E-state index contributed by atoms with van der Waals surface area (Å²) in [5.74, 6) is 0.719. The molecule has 0 rings (SSSR count). The second-order valence-electron chi connectivity index (χ2n) is 3.15. The van der Waals surface area contributed by atoms with E-state index in [1.807, 2.05) is 13.8 Å². The maximum atomic E-state index is 11.4. The molecule has 4 heteroatoms. The first kappa shape index (κ1) is 13.8. The van der Waals surface area contributed by atoms with Gasteiger partial charge >= 0.3 is 5.97 Å². The molecule has 0 amide bonds. The Labute approximate surface area is 90.8 Å². The first-order valence-corrected chi connectivity index (χ1v) is 6.24. The highest BCUT2D eigenvalue weighted by Gasteiger charge is 2.18. The summed E-state index contributed by atoms with van der Waals surface area (Å²) in [6, 6.07) is 0.184. The predicted molar refractivity (Wildman–Crippen MR) is 61.4 cm³/mol. The van der Waals surface area contributed by atoms with Gasteiger partial charge < -0.3 is 10.5 Å². The van der Waals surface area contributed by atoms with Crippen LogP contribution in [0.5, 0.6) is 0 Å². The van der Waals surface area contributed by atoms with Crippen molar-refractivity contribution in [1.82, 2.24) is 0 Å². The van der Waals surface area contributed by atoms with Gasteiger partial charge in [0.1, 0.15) is 5.25 Å². The second kappa shape index (κ2) is 8.12. The fraction of sp³-hybridized carbons (Fsp3) is 0.900. The maximum Gasteiger partial charge on any atom is 0.319 e. The van der Waals surface area contributed by atoms with Crippen LogP contribution in [0, 0.1) is 0 Å². The van der Waals surface area contributed by atoms with E-state index in [-0.39, 0.29) is 17.3 Å². The molecule has 0 aliphatic heterocycles. The number of carbonyl (C=O) groups is 1. The first-order chi connectivity index (χ1) is 6.65. The molecule has 0 heterocycles. The Morgan fingerprint density at radius 1 is 1.36 bits per heavy atom. The van der Waals surface area contributed by atoms with Crippen molar-refractivity contribution in [3.63, 3.8) is 0 Å². The molecule has 0 saturated carbocycles. The Morgan fingerprint density at radius 3 is 2.43 bits per heavy atom. The van der Waals surface area contributed by atoms with Crippen LogP contribution in [0.4, 0.5) is 0 Å². The lowest BCUT2D eigenvalue weighted by Gasteiger charge is -2.15. The Morgan fingerprint density at radius 2 is 2.00 bits per heavy atom. The van der Waals surface area contributed by atoms with E-state index in [4.69, 9.17) is 10.5 Å². The smallest absolute Gasteiger partial charge is 0.319 e. The molecule has 0 aliphatic carbocycles. The fourth-order valence-corrected chi connectivity index (χ4v) is 2.10. The minimum Gasteiger partial charge on any atom is -0.465 e. The highest BCUT2D eigenvalue weighted by Crippen LogP contribution is 2.17. The largest absolute Gasteiger partial charge is 0.465 e. The number of rotatable bonds is 7. The molecule has 0 radical (unpaired) electrons. The molecule has 0 spiro atoms. The average Bonchev–Trinajstić information content (AvgIpc) is 2.18. The van der Waals surface area contributed by atoms with Gasteiger partial charge in [-0.25, -0.2) is 0 Å². The molecule has 3 nitrogen and oxygen atoms in total. The van der Waals surface area contributed by atoms with Crippen molar-refractivity contribution in [2.75, 3.05) is 12.4 Å². The van der Waals surface area contributed by atoms with Gasteiger partial charge in [-0.15, -0.1) is 11.8 Å². The fourth-order valence-electron chi connectivity index (χ4n) is 0.945. The van der Waals surface area contributed by atoms with Crippen molar-refractivity contribution >= 4 is 17.7 Å². The van der Waals surface area contributed by atoms with Gasteiger partial charge in [0.15, 0.2) is 0 Å². The minimum atomic E-state index is -0.108. The van der Waals surface area contributed by atoms with Crippen LogP contribution < -0.4 is 5.73 Å². The molecule has 2 unspecified atom stereocenters. The predicted octanol–water partition coefficient (Wildman–Crippen LogP) is 1.80. The molecule has 0 saturated heterocycles. The average molecular weight is 219 g/mol. The number of nitrogens with two attached hydrogens (primary N) is 1. The van der Waals surface area contributed by atoms with Gasteiger partial charge in [-0.3, -0.25) is 4.79 Å². The summed E-state index contributed by atoms with van der Waals surface area (Å²) in [6.45, 7) is 6.32. The van der Waals surface area contributed by atoms with Gasteiger partial charge in [0.05, 0.1) is 6.61 Å². The molecule has 0 fully saturated rings. The normalized spacial score (nSPS) is 14.9. The third kappa shape index (κ3) is 5.50. The van der Waals surface area contributed by atoms with E-state index in [0.29, 0.717) is 6.61 Å². The van der Waals surface area contributed by atoms with E-state index >= 15 is 0 Å². The highest BCUT2D eigenvalue weighted by atomic mass is 32.2. The number of thioether (sulfide) groups is 1. The van der Waals surface area contributed by atoms with Crippen LogP contribution in [0.3, 0.4) is 0 Å². The lowest BCUT2D eigenvalue weighted by atomic mass is 10.3. The van der Waals surface area contributed by atoms with Crippen molar-refractivity contribution in [3.8, 4) is 0 Å². The van der Waals surface area contributed by atoms with E-state index in [2.05, 4.69) is 6.92 Å². The van der Waals surface area contributed by atoms with Crippen molar-refractivity contribution in [3.05, 3.63) is 0 Å². The summed E-state index contributed by atoms with van der Waals surface area (Å²) in [5, 5.41) is -0.0486. The standard InChI is InChI=1S/C10H21NO2S/c1-4-8(11)7-14-9(5-2)10(12)13-6-3/h8-9H,4-7,11H2,1-3H3. The van der Waals surface area contributed by atoms with E-state index in [1.165, 1.54) is 0 Å². The van der Waals surface area contributed by atoms with Crippen LogP contribution in [0.25, 0.3) is 0 Å². The number of hydrogen-bond acceptors (Lipinski definition) is 4.